The Bertz CT molecular complexity index is 892. The summed E-state index contributed by atoms with van der Waals surface area (Å²) in [5, 5.41) is 5.64. The summed E-state index contributed by atoms with van der Waals surface area (Å²) < 4.78 is 78.5. The molecule has 2 aromatic rings. The Kier molecular flexibility index (Phi) is 8.01. The molecule has 180 valence electrons. The van der Waals surface area contributed by atoms with E-state index in [1.165, 1.54) is 0 Å². The van der Waals surface area contributed by atoms with Crippen LogP contribution in [0.3, 0.4) is 0 Å². The number of carbonyl (C=O) groups is 1. The molecule has 10 heteroatoms. The number of rotatable bonds is 8. The summed E-state index contributed by atoms with van der Waals surface area (Å²) >= 11 is 0. The van der Waals surface area contributed by atoms with Crippen molar-refractivity contribution in [2.24, 2.45) is 0 Å². The molecule has 1 unspecified atom stereocenters. The Balaban J connectivity index is 1.72. The summed E-state index contributed by atoms with van der Waals surface area (Å²) in [5.41, 5.74) is -2.46. The van der Waals surface area contributed by atoms with Gasteiger partial charge in [-0.25, -0.2) is 0 Å². The summed E-state index contributed by atoms with van der Waals surface area (Å²) in [7, 11) is 0. The van der Waals surface area contributed by atoms with E-state index in [2.05, 4.69) is 15.5 Å². The van der Waals surface area contributed by atoms with Crippen LogP contribution in [0, 0.1) is 0 Å². The second-order valence-corrected chi connectivity index (χ2v) is 7.98. The molecule has 4 nitrogen and oxygen atoms in total. The first-order valence-electron chi connectivity index (χ1n) is 10.6. The third-order valence-electron chi connectivity index (χ3n) is 5.48. The van der Waals surface area contributed by atoms with E-state index in [1.54, 1.807) is 30.3 Å². The van der Waals surface area contributed by atoms with Gasteiger partial charge in [0.2, 0.25) is 5.91 Å². The molecule has 0 aliphatic carbocycles. The summed E-state index contributed by atoms with van der Waals surface area (Å²) in [5.74, 6) is -0.534. The van der Waals surface area contributed by atoms with Gasteiger partial charge in [0.1, 0.15) is 6.04 Å². The fourth-order valence-corrected chi connectivity index (χ4v) is 3.79. The number of benzene rings is 2. The minimum atomic E-state index is -4.94. The van der Waals surface area contributed by atoms with Crippen molar-refractivity contribution in [3.8, 4) is 0 Å². The van der Waals surface area contributed by atoms with Gasteiger partial charge in [0.25, 0.3) is 0 Å². The van der Waals surface area contributed by atoms with Gasteiger partial charge in [0.15, 0.2) is 0 Å². The average molecular weight is 473 g/mol. The van der Waals surface area contributed by atoms with Crippen molar-refractivity contribution in [2.45, 2.75) is 37.8 Å². The Hall–Kier alpha value is -2.59. The zero-order valence-corrected chi connectivity index (χ0v) is 17.8. The largest absolute Gasteiger partial charge is 0.416 e. The van der Waals surface area contributed by atoms with Crippen LogP contribution in [-0.4, -0.2) is 37.0 Å². The van der Waals surface area contributed by atoms with Gasteiger partial charge in [-0.2, -0.15) is 26.3 Å². The first-order chi connectivity index (χ1) is 15.5. The van der Waals surface area contributed by atoms with Crippen LogP contribution in [0.4, 0.5) is 26.3 Å². The van der Waals surface area contributed by atoms with E-state index >= 15 is 0 Å². The monoisotopic (exact) mass is 473 g/mol. The Morgan fingerprint density at radius 3 is 2.03 bits per heavy atom. The normalized spacial score (nSPS) is 16.1. The molecule has 1 aliphatic rings. The van der Waals surface area contributed by atoms with Crippen LogP contribution in [0.5, 0.6) is 0 Å². The number of hydrogen-bond donors (Lipinski definition) is 2. The quantitative estimate of drug-likeness (QED) is 0.543. The molecule has 0 aromatic heterocycles. The topological polar surface area (TPSA) is 44.4 Å². The summed E-state index contributed by atoms with van der Waals surface area (Å²) in [6.45, 7) is 2.75. The smallest absolute Gasteiger partial charge is 0.350 e. The third-order valence-corrected chi connectivity index (χ3v) is 5.48. The molecule has 3 rings (SSSR count). The second kappa shape index (κ2) is 10.6. The van der Waals surface area contributed by atoms with Crippen molar-refractivity contribution >= 4 is 5.91 Å². The zero-order valence-electron chi connectivity index (χ0n) is 17.8. The molecule has 1 amide bonds. The van der Waals surface area contributed by atoms with Gasteiger partial charge in [-0.1, -0.05) is 30.3 Å². The Morgan fingerprint density at radius 2 is 1.48 bits per heavy atom. The Morgan fingerprint density at radius 1 is 0.909 bits per heavy atom. The highest BCUT2D eigenvalue weighted by atomic mass is 19.4. The zero-order chi connectivity index (χ0) is 24.1. The van der Waals surface area contributed by atoms with Crippen molar-refractivity contribution in [1.29, 1.82) is 0 Å². The molecule has 1 fully saturated rings. The number of hydrogen-bond acceptors (Lipinski definition) is 3. The molecule has 1 heterocycles. The van der Waals surface area contributed by atoms with Crippen LogP contribution in [-0.2, 0) is 23.7 Å². The highest BCUT2D eigenvalue weighted by Crippen LogP contribution is 2.36. The summed E-state index contributed by atoms with van der Waals surface area (Å²) in [4.78, 5) is 15.1. The van der Waals surface area contributed by atoms with E-state index in [0.29, 0.717) is 24.2 Å². The lowest BCUT2D eigenvalue weighted by atomic mass is 10.0. The predicted molar refractivity (Wildman–Crippen MR) is 111 cm³/mol. The van der Waals surface area contributed by atoms with E-state index in [0.717, 1.165) is 32.5 Å². The maximum Gasteiger partial charge on any atom is 0.416 e. The molecular weight excluding hydrogens is 448 g/mol. The maximum absolute atomic E-state index is 13.1. The van der Waals surface area contributed by atoms with Crippen molar-refractivity contribution in [1.82, 2.24) is 15.5 Å². The van der Waals surface area contributed by atoms with Crippen LogP contribution < -0.4 is 10.6 Å². The molecule has 1 saturated heterocycles. The van der Waals surface area contributed by atoms with Crippen LogP contribution >= 0.6 is 0 Å². The van der Waals surface area contributed by atoms with Gasteiger partial charge in [-0.3, -0.25) is 4.79 Å². The highest BCUT2D eigenvalue weighted by molar-refractivity contribution is 5.83. The average Bonchev–Trinajstić information content (AvgIpc) is 3.28. The molecule has 1 aliphatic heterocycles. The van der Waals surface area contributed by atoms with Gasteiger partial charge in [-0.15, -0.1) is 0 Å². The molecule has 33 heavy (non-hydrogen) atoms. The fourth-order valence-electron chi connectivity index (χ4n) is 3.79. The first-order valence-corrected chi connectivity index (χ1v) is 10.6. The minimum absolute atomic E-state index is 0.0675. The Labute approximate surface area is 188 Å². The van der Waals surface area contributed by atoms with Crippen LogP contribution in [0.2, 0.25) is 0 Å². The van der Waals surface area contributed by atoms with Crippen molar-refractivity contribution in [2.75, 3.05) is 26.2 Å². The molecule has 2 N–H and O–H groups in total. The fraction of sp³-hybridized carbons (Fsp3) is 0.435. The van der Waals surface area contributed by atoms with E-state index in [4.69, 9.17) is 0 Å². The van der Waals surface area contributed by atoms with Gasteiger partial charge < -0.3 is 15.5 Å². The van der Waals surface area contributed by atoms with E-state index < -0.39 is 42.0 Å². The number of alkyl halides is 6. The second-order valence-electron chi connectivity index (χ2n) is 7.98. The van der Waals surface area contributed by atoms with Crippen LogP contribution in [0.15, 0.2) is 48.5 Å². The third kappa shape index (κ3) is 7.20. The lowest BCUT2D eigenvalue weighted by molar-refractivity contribution is -0.143. The summed E-state index contributed by atoms with van der Waals surface area (Å²) in [6, 6.07) is 9.27. The molecule has 1 atom stereocenters. The number of amides is 1. The standard InChI is InChI=1S/C23H25F6N3O/c24-22(25,26)18-12-16(13-19(14-18)23(27,28)29)15-31-21(33)20(17-6-2-1-3-7-17)30-8-11-32-9-4-5-10-32/h1-3,6-7,12-14,20,30H,4-5,8-11,15H2,(H,31,33). The SMILES string of the molecule is O=C(NCc1cc(C(F)(F)F)cc(C(F)(F)F)c1)C(NCCN1CCCC1)c1ccccc1. The number of carbonyl (C=O) groups excluding carboxylic acids is 1. The molecule has 0 radical (unpaired) electrons. The van der Waals surface area contributed by atoms with Gasteiger partial charge >= 0.3 is 12.4 Å². The van der Waals surface area contributed by atoms with Crippen LogP contribution in [0.1, 0.15) is 41.1 Å². The highest BCUT2D eigenvalue weighted by Gasteiger charge is 2.37. The van der Waals surface area contributed by atoms with Gasteiger partial charge in [-0.05, 0) is 55.3 Å². The van der Waals surface area contributed by atoms with E-state index in [1.807, 2.05) is 0 Å². The maximum atomic E-state index is 13.1. The van der Waals surface area contributed by atoms with Crippen molar-refractivity contribution in [3.63, 3.8) is 0 Å². The predicted octanol–water partition coefficient (Wildman–Crippen LogP) is 4.77. The molecule has 0 spiro atoms. The minimum Gasteiger partial charge on any atom is -0.350 e. The van der Waals surface area contributed by atoms with Crippen LogP contribution in [0.25, 0.3) is 0 Å². The lowest BCUT2D eigenvalue weighted by Crippen LogP contribution is -2.40. The number of nitrogens with one attached hydrogen (secondary N) is 2. The van der Waals surface area contributed by atoms with Gasteiger partial charge in [0, 0.05) is 19.6 Å². The molecule has 0 saturated carbocycles. The number of likely N-dealkylation sites (tertiary alicyclic amines) is 1. The molecule has 2 aromatic carbocycles. The van der Waals surface area contributed by atoms with E-state index in [-0.39, 0.29) is 11.6 Å². The lowest BCUT2D eigenvalue weighted by Gasteiger charge is -2.21. The number of halogens is 6. The van der Waals surface area contributed by atoms with E-state index in [9.17, 15) is 31.1 Å². The van der Waals surface area contributed by atoms with Crippen molar-refractivity contribution in [3.05, 3.63) is 70.8 Å². The first kappa shape index (κ1) is 25.0. The number of nitrogens with zero attached hydrogens (tertiary/aromatic N) is 1. The summed E-state index contributed by atoms with van der Waals surface area (Å²) in [6.07, 6.45) is -7.63. The molecule has 0 bridgehead atoms. The van der Waals surface area contributed by atoms with Crippen molar-refractivity contribution < 1.29 is 31.1 Å². The molecular formula is C23H25F6N3O. The van der Waals surface area contributed by atoms with Gasteiger partial charge in [0.05, 0.1) is 11.1 Å².